The Morgan fingerprint density at radius 2 is 2.26 bits per heavy atom. The van der Waals surface area contributed by atoms with E-state index in [1.165, 1.54) is 19.2 Å². The van der Waals surface area contributed by atoms with E-state index in [0.717, 1.165) is 12.8 Å². The summed E-state index contributed by atoms with van der Waals surface area (Å²) in [5, 5.41) is 2.78. The maximum atomic E-state index is 13.7. The van der Waals surface area contributed by atoms with Gasteiger partial charge < -0.3 is 15.8 Å². The summed E-state index contributed by atoms with van der Waals surface area (Å²) in [6.07, 6.45) is 2.15. The average molecular weight is 289 g/mol. The average Bonchev–Trinajstić information content (AvgIpc) is 3.19. The molecule has 19 heavy (non-hydrogen) atoms. The van der Waals surface area contributed by atoms with Crippen LogP contribution in [0.3, 0.4) is 0 Å². The molecule has 3 N–H and O–H groups in total. The molecule has 1 aromatic rings. The van der Waals surface area contributed by atoms with Gasteiger partial charge in [0.05, 0.1) is 12.7 Å². The monoisotopic (exact) mass is 288 g/mol. The van der Waals surface area contributed by atoms with Crippen LogP contribution in [0.5, 0.6) is 5.75 Å². The molecule has 1 unspecified atom stereocenters. The number of hydrogen-bond donors (Lipinski definition) is 2. The molecule has 6 heteroatoms. The third-order valence-corrected chi connectivity index (χ3v) is 3.18. The number of rotatable bonds is 5. The Morgan fingerprint density at radius 3 is 2.74 bits per heavy atom. The summed E-state index contributed by atoms with van der Waals surface area (Å²) in [5.74, 6) is -0.169. The molecule has 0 spiro atoms. The van der Waals surface area contributed by atoms with Gasteiger partial charge in [0, 0.05) is 18.7 Å². The summed E-state index contributed by atoms with van der Waals surface area (Å²) in [4.78, 5) is 11.9. The molecule has 0 saturated heterocycles. The van der Waals surface area contributed by atoms with Crippen molar-refractivity contribution in [3.05, 3.63) is 29.6 Å². The number of amides is 1. The highest BCUT2D eigenvalue weighted by molar-refractivity contribution is 5.94. The van der Waals surface area contributed by atoms with E-state index in [1.54, 1.807) is 6.07 Å². The molecule has 1 fully saturated rings. The Hall–Kier alpha value is -1.33. The van der Waals surface area contributed by atoms with E-state index in [-0.39, 0.29) is 24.0 Å². The molecule has 1 aromatic carbocycles. The van der Waals surface area contributed by atoms with E-state index in [4.69, 9.17) is 10.5 Å². The molecule has 1 saturated carbocycles. The standard InChI is InChI=1S/C13H17FN2O2.ClH/c1-18-9-4-5-10(11(14)6-9)13(17)16-12(7-15)8-2-3-8;/h4-6,8,12H,2-3,7,15H2,1H3,(H,16,17);1H. The fourth-order valence-electron chi connectivity index (χ4n) is 1.92. The SMILES string of the molecule is COc1ccc(C(=O)NC(CN)C2CC2)c(F)c1.Cl. The molecule has 0 heterocycles. The van der Waals surface area contributed by atoms with E-state index in [9.17, 15) is 9.18 Å². The molecule has 0 radical (unpaired) electrons. The van der Waals surface area contributed by atoms with Gasteiger partial charge in [-0.1, -0.05) is 0 Å². The fourth-order valence-corrected chi connectivity index (χ4v) is 1.92. The lowest BCUT2D eigenvalue weighted by Gasteiger charge is -2.16. The molecule has 0 aliphatic heterocycles. The predicted octanol–water partition coefficient (Wildman–Crippen LogP) is 1.72. The molecule has 106 valence electrons. The van der Waals surface area contributed by atoms with E-state index in [1.807, 2.05) is 0 Å². The number of carbonyl (C=O) groups excluding carboxylic acids is 1. The van der Waals surface area contributed by atoms with Gasteiger partial charge in [0.2, 0.25) is 0 Å². The Morgan fingerprint density at radius 1 is 1.58 bits per heavy atom. The summed E-state index contributed by atoms with van der Waals surface area (Å²) in [6.45, 7) is 0.383. The van der Waals surface area contributed by atoms with Crippen LogP contribution in [-0.2, 0) is 0 Å². The number of benzene rings is 1. The number of halogens is 2. The molecule has 2 rings (SSSR count). The summed E-state index contributed by atoms with van der Waals surface area (Å²) < 4.78 is 18.6. The van der Waals surface area contributed by atoms with Crippen molar-refractivity contribution in [3.8, 4) is 5.75 Å². The Kier molecular flexibility index (Phi) is 5.57. The van der Waals surface area contributed by atoms with Crippen LogP contribution >= 0.6 is 12.4 Å². The number of hydrogen-bond acceptors (Lipinski definition) is 3. The van der Waals surface area contributed by atoms with Crippen LogP contribution in [0.1, 0.15) is 23.2 Å². The predicted molar refractivity (Wildman–Crippen MR) is 73.2 cm³/mol. The molecule has 1 aliphatic rings. The lowest BCUT2D eigenvalue weighted by molar-refractivity contribution is 0.0929. The quantitative estimate of drug-likeness (QED) is 0.867. The van der Waals surface area contributed by atoms with Gasteiger partial charge in [-0.15, -0.1) is 12.4 Å². The van der Waals surface area contributed by atoms with Crippen molar-refractivity contribution < 1.29 is 13.9 Å². The van der Waals surface area contributed by atoms with Gasteiger partial charge in [-0.3, -0.25) is 4.79 Å². The van der Waals surface area contributed by atoms with Gasteiger partial charge in [-0.25, -0.2) is 4.39 Å². The van der Waals surface area contributed by atoms with Gasteiger partial charge >= 0.3 is 0 Å². The summed E-state index contributed by atoms with van der Waals surface area (Å²) >= 11 is 0. The zero-order valence-corrected chi connectivity index (χ0v) is 11.5. The molecule has 1 amide bonds. The third-order valence-electron chi connectivity index (χ3n) is 3.18. The maximum absolute atomic E-state index is 13.7. The molecule has 1 aliphatic carbocycles. The maximum Gasteiger partial charge on any atom is 0.254 e. The molecule has 0 aromatic heterocycles. The number of nitrogens with one attached hydrogen (secondary N) is 1. The van der Waals surface area contributed by atoms with E-state index in [0.29, 0.717) is 18.2 Å². The van der Waals surface area contributed by atoms with E-state index in [2.05, 4.69) is 5.32 Å². The van der Waals surface area contributed by atoms with Crippen molar-refractivity contribution in [1.82, 2.24) is 5.32 Å². The smallest absolute Gasteiger partial charge is 0.254 e. The number of ether oxygens (including phenoxy) is 1. The second-order valence-corrected chi connectivity index (χ2v) is 4.50. The zero-order chi connectivity index (χ0) is 13.1. The van der Waals surface area contributed by atoms with Crippen molar-refractivity contribution in [2.45, 2.75) is 18.9 Å². The molecule has 4 nitrogen and oxygen atoms in total. The van der Waals surface area contributed by atoms with Gasteiger partial charge in [0.25, 0.3) is 5.91 Å². The Labute approximate surface area is 117 Å². The fraction of sp³-hybridized carbons (Fsp3) is 0.462. The van der Waals surface area contributed by atoms with Gasteiger partial charge in [-0.2, -0.15) is 0 Å². The van der Waals surface area contributed by atoms with E-state index < -0.39 is 11.7 Å². The molecular formula is C13H18ClFN2O2. The third kappa shape index (κ3) is 3.81. The van der Waals surface area contributed by atoms with Crippen LogP contribution < -0.4 is 15.8 Å². The first-order valence-electron chi connectivity index (χ1n) is 6.00. The van der Waals surface area contributed by atoms with Crippen molar-refractivity contribution >= 4 is 18.3 Å². The summed E-state index contributed by atoms with van der Waals surface area (Å²) in [5.41, 5.74) is 5.62. The topological polar surface area (TPSA) is 64.3 Å². The highest BCUT2D eigenvalue weighted by Gasteiger charge is 2.31. The van der Waals surface area contributed by atoms with Crippen molar-refractivity contribution in [2.75, 3.05) is 13.7 Å². The Bertz CT molecular complexity index is 452. The second-order valence-electron chi connectivity index (χ2n) is 4.50. The van der Waals surface area contributed by atoms with Gasteiger partial charge in [0.1, 0.15) is 11.6 Å². The minimum Gasteiger partial charge on any atom is -0.497 e. The minimum atomic E-state index is -0.585. The highest BCUT2D eigenvalue weighted by atomic mass is 35.5. The van der Waals surface area contributed by atoms with Crippen LogP contribution in [0.25, 0.3) is 0 Å². The second kappa shape index (κ2) is 6.73. The molecular weight excluding hydrogens is 271 g/mol. The first-order valence-corrected chi connectivity index (χ1v) is 6.00. The van der Waals surface area contributed by atoms with Crippen molar-refractivity contribution in [3.63, 3.8) is 0 Å². The van der Waals surface area contributed by atoms with Crippen molar-refractivity contribution in [2.24, 2.45) is 11.7 Å². The van der Waals surface area contributed by atoms with Gasteiger partial charge in [-0.05, 0) is 30.9 Å². The van der Waals surface area contributed by atoms with E-state index >= 15 is 0 Å². The Balaban J connectivity index is 0.00000180. The zero-order valence-electron chi connectivity index (χ0n) is 10.7. The summed E-state index contributed by atoms with van der Waals surface area (Å²) in [6, 6.07) is 4.12. The van der Waals surface area contributed by atoms with Crippen LogP contribution in [0, 0.1) is 11.7 Å². The molecule has 0 bridgehead atoms. The lowest BCUT2D eigenvalue weighted by Crippen LogP contribution is -2.42. The largest absolute Gasteiger partial charge is 0.497 e. The van der Waals surface area contributed by atoms with Crippen molar-refractivity contribution in [1.29, 1.82) is 0 Å². The van der Waals surface area contributed by atoms with Crippen LogP contribution in [-0.4, -0.2) is 25.6 Å². The molecule has 1 atom stereocenters. The van der Waals surface area contributed by atoms with Gasteiger partial charge in [0.15, 0.2) is 0 Å². The first-order chi connectivity index (χ1) is 8.65. The number of carbonyl (C=O) groups is 1. The number of methoxy groups -OCH3 is 1. The highest BCUT2D eigenvalue weighted by Crippen LogP contribution is 2.32. The number of nitrogens with two attached hydrogens (primary N) is 1. The lowest BCUT2D eigenvalue weighted by atomic mass is 10.1. The van der Waals surface area contributed by atoms with Crippen LogP contribution in [0.2, 0.25) is 0 Å². The van der Waals surface area contributed by atoms with Crippen LogP contribution in [0.15, 0.2) is 18.2 Å². The first kappa shape index (κ1) is 15.7. The normalized spacial score (nSPS) is 15.3. The summed E-state index contributed by atoms with van der Waals surface area (Å²) in [7, 11) is 1.45. The van der Waals surface area contributed by atoms with Crippen LogP contribution in [0.4, 0.5) is 4.39 Å². The minimum absolute atomic E-state index is 0.